The number of amides is 1. The maximum absolute atomic E-state index is 11.9. The fourth-order valence-corrected chi connectivity index (χ4v) is 1.51. The summed E-state index contributed by atoms with van der Waals surface area (Å²) in [7, 11) is 0. The number of phenolic OH excluding ortho intramolecular Hbond substituents is 1. The number of hydrogen-bond acceptors (Lipinski definition) is 3. The fraction of sp³-hybridized carbons (Fsp3) is 0.462. The van der Waals surface area contributed by atoms with Crippen molar-refractivity contribution >= 4 is 5.91 Å². The fourth-order valence-electron chi connectivity index (χ4n) is 1.51. The molecule has 0 aliphatic heterocycles. The van der Waals surface area contributed by atoms with Gasteiger partial charge in [0, 0.05) is 0 Å². The highest BCUT2D eigenvalue weighted by Crippen LogP contribution is 2.21. The number of para-hydroxylation sites is 1. The molecule has 0 heterocycles. The zero-order valence-corrected chi connectivity index (χ0v) is 10.4. The molecule has 1 rings (SSSR count). The van der Waals surface area contributed by atoms with Crippen LogP contribution in [0.3, 0.4) is 0 Å². The second-order valence-electron chi connectivity index (χ2n) is 4.48. The molecule has 0 saturated heterocycles. The van der Waals surface area contributed by atoms with Gasteiger partial charge in [-0.1, -0.05) is 26.0 Å². The topological polar surface area (TPSA) is 69.6 Å². The Morgan fingerprint density at radius 2 is 2.06 bits per heavy atom. The minimum atomic E-state index is -0.362. The van der Waals surface area contributed by atoms with E-state index in [0.717, 1.165) is 0 Å². The number of carbonyl (C=O) groups excluding carboxylic acids is 1. The highest BCUT2D eigenvalue weighted by Gasteiger charge is 2.18. The third-order valence-corrected chi connectivity index (χ3v) is 2.80. The zero-order valence-electron chi connectivity index (χ0n) is 10.4. The van der Waals surface area contributed by atoms with Crippen molar-refractivity contribution in [1.29, 1.82) is 0 Å². The van der Waals surface area contributed by atoms with Crippen molar-refractivity contribution in [3.8, 4) is 5.75 Å². The van der Waals surface area contributed by atoms with Crippen LogP contribution in [0.5, 0.6) is 5.75 Å². The summed E-state index contributed by atoms with van der Waals surface area (Å²) in [5, 5.41) is 21.6. The lowest BCUT2D eigenvalue weighted by Crippen LogP contribution is -2.41. The average molecular weight is 237 g/mol. The first kappa shape index (κ1) is 13.5. The van der Waals surface area contributed by atoms with Crippen LogP contribution in [0.2, 0.25) is 0 Å². The lowest BCUT2D eigenvalue weighted by atomic mass is 10.0. The van der Waals surface area contributed by atoms with Gasteiger partial charge in [0.2, 0.25) is 0 Å². The molecule has 17 heavy (non-hydrogen) atoms. The van der Waals surface area contributed by atoms with Crippen molar-refractivity contribution in [3.63, 3.8) is 0 Å². The molecular weight excluding hydrogens is 218 g/mol. The van der Waals surface area contributed by atoms with Crippen LogP contribution < -0.4 is 5.32 Å². The van der Waals surface area contributed by atoms with Gasteiger partial charge in [-0.3, -0.25) is 4.79 Å². The van der Waals surface area contributed by atoms with Crippen molar-refractivity contribution in [1.82, 2.24) is 5.32 Å². The van der Waals surface area contributed by atoms with E-state index in [1.54, 1.807) is 25.1 Å². The molecule has 0 bridgehead atoms. The van der Waals surface area contributed by atoms with Gasteiger partial charge >= 0.3 is 0 Å². The molecule has 0 spiro atoms. The monoisotopic (exact) mass is 237 g/mol. The number of nitrogens with one attached hydrogen (secondary N) is 1. The van der Waals surface area contributed by atoms with Gasteiger partial charge < -0.3 is 15.5 Å². The van der Waals surface area contributed by atoms with Crippen LogP contribution in [0.25, 0.3) is 0 Å². The summed E-state index contributed by atoms with van der Waals surface area (Å²) in [5.41, 5.74) is 0.895. The summed E-state index contributed by atoms with van der Waals surface area (Å²) in [5.74, 6) is -0.236. The van der Waals surface area contributed by atoms with Crippen LogP contribution in [0.1, 0.15) is 29.8 Å². The number of carbonyl (C=O) groups is 1. The normalized spacial score (nSPS) is 12.5. The summed E-state index contributed by atoms with van der Waals surface area (Å²) in [6.45, 7) is 5.45. The molecule has 94 valence electrons. The second-order valence-corrected chi connectivity index (χ2v) is 4.48. The lowest BCUT2D eigenvalue weighted by molar-refractivity contribution is 0.0894. The van der Waals surface area contributed by atoms with Gasteiger partial charge in [0.15, 0.2) is 0 Å². The molecule has 0 aromatic heterocycles. The molecule has 4 nitrogen and oxygen atoms in total. The molecule has 0 fully saturated rings. The molecule has 4 heteroatoms. The van der Waals surface area contributed by atoms with Crippen molar-refractivity contribution in [2.45, 2.75) is 26.8 Å². The highest BCUT2D eigenvalue weighted by atomic mass is 16.3. The Labute approximate surface area is 101 Å². The molecule has 1 aromatic rings. The predicted octanol–water partition coefficient (Wildman–Crippen LogP) is 1.45. The van der Waals surface area contributed by atoms with E-state index in [1.807, 2.05) is 13.8 Å². The van der Waals surface area contributed by atoms with Gasteiger partial charge in [-0.25, -0.2) is 0 Å². The largest absolute Gasteiger partial charge is 0.507 e. The van der Waals surface area contributed by atoms with Gasteiger partial charge in [0.25, 0.3) is 5.91 Å². The Balaban J connectivity index is 2.86. The maximum Gasteiger partial charge on any atom is 0.255 e. The van der Waals surface area contributed by atoms with E-state index in [9.17, 15) is 9.90 Å². The van der Waals surface area contributed by atoms with Gasteiger partial charge in [-0.05, 0) is 24.5 Å². The Kier molecular flexibility index (Phi) is 4.52. The van der Waals surface area contributed by atoms with E-state index in [1.165, 1.54) is 0 Å². The van der Waals surface area contributed by atoms with Crippen LogP contribution in [0.4, 0.5) is 0 Å². The molecule has 1 aromatic carbocycles. The molecule has 3 N–H and O–H groups in total. The van der Waals surface area contributed by atoms with Crippen LogP contribution in [0, 0.1) is 12.8 Å². The standard InChI is InChI=1S/C13H19NO3/c1-8(2)11(7-15)14-13(17)10-6-4-5-9(3)12(10)16/h4-6,8,11,15-16H,7H2,1-3H3,(H,14,17)/t11-/m1/s1. The molecule has 0 aliphatic rings. The number of phenols is 1. The first-order valence-corrected chi connectivity index (χ1v) is 5.67. The molecule has 1 atom stereocenters. The first-order chi connectivity index (χ1) is 7.97. The SMILES string of the molecule is Cc1cccc(C(=O)N[C@H](CO)C(C)C)c1O. The zero-order chi connectivity index (χ0) is 13.0. The highest BCUT2D eigenvalue weighted by molar-refractivity contribution is 5.97. The summed E-state index contributed by atoms with van der Waals surface area (Å²) >= 11 is 0. The third-order valence-electron chi connectivity index (χ3n) is 2.80. The van der Waals surface area contributed by atoms with E-state index < -0.39 is 0 Å². The maximum atomic E-state index is 11.9. The van der Waals surface area contributed by atoms with Crippen LogP contribution in [-0.2, 0) is 0 Å². The predicted molar refractivity (Wildman–Crippen MR) is 66.0 cm³/mol. The molecule has 0 radical (unpaired) electrons. The summed E-state index contributed by atoms with van der Waals surface area (Å²) in [4.78, 5) is 11.9. The van der Waals surface area contributed by atoms with Crippen molar-refractivity contribution in [2.24, 2.45) is 5.92 Å². The summed E-state index contributed by atoms with van der Waals surface area (Å²) < 4.78 is 0. The smallest absolute Gasteiger partial charge is 0.255 e. The number of aliphatic hydroxyl groups is 1. The molecule has 0 unspecified atom stereocenters. The van der Waals surface area contributed by atoms with Crippen molar-refractivity contribution in [3.05, 3.63) is 29.3 Å². The van der Waals surface area contributed by atoms with E-state index in [0.29, 0.717) is 5.56 Å². The van der Waals surface area contributed by atoms with Crippen LogP contribution in [-0.4, -0.2) is 28.8 Å². The molecular formula is C13H19NO3. The summed E-state index contributed by atoms with van der Waals surface area (Å²) in [6, 6.07) is 4.71. The molecule has 1 amide bonds. The minimum absolute atomic E-state index is 0.00885. The number of rotatable bonds is 4. The first-order valence-electron chi connectivity index (χ1n) is 5.67. The number of aromatic hydroxyl groups is 1. The lowest BCUT2D eigenvalue weighted by Gasteiger charge is -2.20. The Morgan fingerprint density at radius 3 is 2.59 bits per heavy atom. The van der Waals surface area contributed by atoms with Gasteiger partial charge in [0.05, 0.1) is 18.2 Å². The van der Waals surface area contributed by atoms with E-state index in [-0.39, 0.29) is 35.8 Å². The number of aryl methyl sites for hydroxylation is 1. The van der Waals surface area contributed by atoms with Crippen LogP contribution >= 0.6 is 0 Å². The average Bonchev–Trinajstić information content (AvgIpc) is 2.28. The summed E-state index contributed by atoms with van der Waals surface area (Å²) in [6.07, 6.45) is 0. The number of hydrogen-bond donors (Lipinski definition) is 3. The number of benzene rings is 1. The quantitative estimate of drug-likeness (QED) is 0.742. The van der Waals surface area contributed by atoms with Crippen molar-refractivity contribution < 1.29 is 15.0 Å². The minimum Gasteiger partial charge on any atom is -0.507 e. The van der Waals surface area contributed by atoms with E-state index in [2.05, 4.69) is 5.32 Å². The second kappa shape index (κ2) is 5.68. The van der Waals surface area contributed by atoms with Gasteiger partial charge in [0.1, 0.15) is 5.75 Å². The Hall–Kier alpha value is -1.55. The number of aliphatic hydroxyl groups excluding tert-OH is 1. The van der Waals surface area contributed by atoms with Crippen molar-refractivity contribution in [2.75, 3.05) is 6.61 Å². The van der Waals surface area contributed by atoms with Crippen LogP contribution in [0.15, 0.2) is 18.2 Å². The molecule has 0 saturated carbocycles. The Bertz CT molecular complexity index is 402. The van der Waals surface area contributed by atoms with E-state index in [4.69, 9.17) is 5.11 Å². The van der Waals surface area contributed by atoms with Gasteiger partial charge in [-0.2, -0.15) is 0 Å². The third kappa shape index (κ3) is 3.20. The molecule has 0 aliphatic carbocycles. The van der Waals surface area contributed by atoms with Gasteiger partial charge in [-0.15, -0.1) is 0 Å². The Morgan fingerprint density at radius 1 is 1.41 bits per heavy atom. The van der Waals surface area contributed by atoms with E-state index >= 15 is 0 Å².